The maximum Gasteiger partial charge on any atom is 0.407 e. The third kappa shape index (κ3) is 6.15. The monoisotopic (exact) mass is 458 g/mol. The van der Waals surface area contributed by atoms with Crippen molar-refractivity contribution in [2.45, 2.75) is 57.0 Å². The van der Waals surface area contributed by atoms with Crippen LogP contribution in [0.15, 0.2) is 48.5 Å². The van der Waals surface area contributed by atoms with E-state index in [4.69, 9.17) is 21.1 Å². The van der Waals surface area contributed by atoms with Gasteiger partial charge in [0.15, 0.2) is 0 Å². The number of nitrogens with one attached hydrogen (secondary N) is 1. The van der Waals surface area contributed by atoms with Gasteiger partial charge in [-0.1, -0.05) is 48.0 Å². The summed E-state index contributed by atoms with van der Waals surface area (Å²) in [5, 5.41) is 14.5. The van der Waals surface area contributed by atoms with Crippen LogP contribution in [-0.2, 0) is 11.3 Å². The quantitative estimate of drug-likeness (QED) is 0.570. The van der Waals surface area contributed by atoms with E-state index >= 15 is 0 Å². The fraction of sp³-hybridized carbons (Fsp3) is 0.480. The summed E-state index contributed by atoms with van der Waals surface area (Å²) in [6, 6.07) is 14.4. The second-order valence-electron chi connectivity index (χ2n) is 8.63. The Balaban J connectivity index is 1.41. The first-order chi connectivity index (χ1) is 15.6. The van der Waals surface area contributed by atoms with Crippen molar-refractivity contribution in [2.75, 3.05) is 19.6 Å². The van der Waals surface area contributed by atoms with Crippen LogP contribution in [0.1, 0.15) is 49.3 Å². The highest BCUT2D eigenvalue weighted by Crippen LogP contribution is 2.33. The lowest BCUT2D eigenvalue weighted by atomic mass is 9.96. The molecule has 2 aliphatic rings. The minimum absolute atomic E-state index is 0.179. The van der Waals surface area contributed by atoms with Gasteiger partial charge < -0.3 is 24.8 Å². The van der Waals surface area contributed by atoms with E-state index in [2.05, 4.69) is 10.2 Å². The highest BCUT2D eigenvalue weighted by Gasteiger charge is 2.28. The van der Waals surface area contributed by atoms with Gasteiger partial charge in [0.2, 0.25) is 0 Å². The van der Waals surface area contributed by atoms with Gasteiger partial charge in [0.25, 0.3) is 0 Å². The summed E-state index contributed by atoms with van der Waals surface area (Å²) in [4.78, 5) is 14.8. The number of benzene rings is 2. The van der Waals surface area contributed by atoms with Crippen molar-refractivity contribution < 1.29 is 19.4 Å². The number of nitrogens with zero attached hydrogens (tertiary/aromatic N) is 1. The van der Waals surface area contributed by atoms with E-state index < -0.39 is 18.2 Å². The van der Waals surface area contributed by atoms with Gasteiger partial charge in [-0.25, -0.2) is 4.79 Å². The Labute approximate surface area is 194 Å². The molecule has 2 atom stereocenters. The molecule has 0 bridgehead atoms. The SMILES string of the molecule is O=C(N[C@H](CN1CCCC1)[C@H](O)c1ccc(OC2CCC2)c(Cl)c1)OCc1ccccc1. The van der Waals surface area contributed by atoms with Gasteiger partial charge in [0.05, 0.1) is 17.2 Å². The topological polar surface area (TPSA) is 71.0 Å². The minimum Gasteiger partial charge on any atom is -0.489 e. The zero-order valence-corrected chi connectivity index (χ0v) is 19.0. The van der Waals surface area contributed by atoms with Crippen molar-refractivity contribution in [1.29, 1.82) is 0 Å². The molecule has 1 aliphatic heterocycles. The number of ether oxygens (including phenoxy) is 2. The molecule has 172 valence electrons. The van der Waals surface area contributed by atoms with E-state index in [9.17, 15) is 9.90 Å². The Hall–Kier alpha value is -2.28. The van der Waals surface area contributed by atoms with Crippen LogP contribution in [0.3, 0.4) is 0 Å². The molecule has 4 rings (SSSR count). The molecule has 7 heteroatoms. The Morgan fingerprint density at radius 3 is 2.53 bits per heavy atom. The lowest BCUT2D eigenvalue weighted by molar-refractivity contribution is 0.0880. The number of alkyl carbamates (subject to hydrolysis) is 1. The number of hydrogen-bond acceptors (Lipinski definition) is 5. The first-order valence-corrected chi connectivity index (χ1v) is 11.8. The summed E-state index contributed by atoms with van der Waals surface area (Å²) >= 11 is 6.44. The molecule has 0 spiro atoms. The van der Waals surface area contributed by atoms with Crippen molar-refractivity contribution in [1.82, 2.24) is 10.2 Å². The van der Waals surface area contributed by atoms with Crippen molar-refractivity contribution in [3.05, 3.63) is 64.7 Å². The van der Waals surface area contributed by atoms with Gasteiger partial charge in [-0.3, -0.25) is 0 Å². The van der Waals surface area contributed by atoms with Crippen LogP contribution in [0.5, 0.6) is 5.75 Å². The molecular formula is C25H31ClN2O4. The molecule has 1 saturated carbocycles. The highest BCUT2D eigenvalue weighted by atomic mass is 35.5. The average molecular weight is 459 g/mol. The molecule has 6 nitrogen and oxygen atoms in total. The van der Waals surface area contributed by atoms with Gasteiger partial charge in [-0.05, 0) is 68.5 Å². The summed E-state index contributed by atoms with van der Waals surface area (Å²) < 4.78 is 11.3. The fourth-order valence-electron chi connectivity index (χ4n) is 4.08. The number of carbonyl (C=O) groups is 1. The number of carbonyl (C=O) groups excluding carboxylic acids is 1. The molecule has 1 saturated heterocycles. The molecule has 1 amide bonds. The third-order valence-corrected chi connectivity index (χ3v) is 6.49. The van der Waals surface area contributed by atoms with Crippen LogP contribution in [0.4, 0.5) is 4.79 Å². The highest BCUT2D eigenvalue weighted by molar-refractivity contribution is 6.32. The van der Waals surface area contributed by atoms with Gasteiger partial charge in [0, 0.05) is 6.54 Å². The molecular weight excluding hydrogens is 428 g/mol. The summed E-state index contributed by atoms with van der Waals surface area (Å²) in [7, 11) is 0. The van der Waals surface area contributed by atoms with E-state index in [1.165, 1.54) is 6.42 Å². The molecule has 0 radical (unpaired) electrons. The van der Waals surface area contributed by atoms with Crippen LogP contribution >= 0.6 is 11.6 Å². The Morgan fingerprint density at radius 2 is 1.88 bits per heavy atom. The maximum absolute atomic E-state index is 12.5. The zero-order valence-electron chi connectivity index (χ0n) is 18.2. The number of amides is 1. The second-order valence-corrected chi connectivity index (χ2v) is 9.03. The minimum atomic E-state index is -0.921. The predicted molar refractivity (Wildman–Crippen MR) is 124 cm³/mol. The van der Waals surface area contributed by atoms with Gasteiger partial charge >= 0.3 is 6.09 Å². The number of likely N-dealkylation sites (tertiary alicyclic amines) is 1. The van der Waals surface area contributed by atoms with E-state index in [1.54, 1.807) is 12.1 Å². The molecule has 2 N–H and O–H groups in total. The molecule has 2 aromatic rings. The molecule has 1 heterocycles. The van der Waals surface area contributed by atoms with Crippen LogP contribution in [0, 0.1) is 0 Å². The Bertz CT molecular complexity index is 885. The molecule has 32 heavy (non-hydrogen) atoms. The maximum atomic E-state index is 12.5. The number of rotatable bonds is 9. The predicted octanol–water partition coefficient (Wildman–Crippen LogP) is 4.70. The summed E-state index contributed by atoms with van der Waals surface area (Å²) in [6.45, 7) is 2.63. The van der Waals surface area contributed by atoms with Crippen molar-refractivity contribution in [3.8, 4) is 5.75 Å². The van der Waals surface area contributed by atoms with E-state index in [-0.39, 0.29) is 12.7 Å². The Kier molecular flexibility index (Phi) is 7.90. The molecule has 1 aliphatic carbocycles. The number of halogens is 1. The smallest absolute Gasteiger partial charge is 0.407 e. The lowest BCUT2D eigenvalue weighted by Gasteiger charge is -2.29. The molecule has 2 aromatic carbocycles. The van der Waals surface area contributed by atoms with Gasteiger partial charge in [-0.2, -0.15) is 0 Å². The van der Waals surface area contributed by atoms with Crippen LogP contribution < -0.4 is 10.1 Å². The first kappa shape index (κ1) is 22.9. The molecule has 0 unspecified atom stereocenters. The summed E-state index contributed by atoms with van der Waals surface area (Å²) in [6.07, 6.45) is 4.29. The lowest BCUT2D eigenvalue weighted by Crippen LogP contribution is -2.46. The summed E-state index contributed by atoms with van der Waals surface area (Å²) in [5.41, 5.74) is 1.55. The first-order valence-electron chi connectivity index (χ1n) is 11.4. The van der Waals surface area contributed by atoms with Crippen LogP contribution in [-0.4, -0.2) is 47.9 Å². The van der Waals surface area contributed by atoms with Crippen molar-refractivity contribution >= 4 is 17.7 Å². The van der Waals surface area contributed by atoms with E-state index in [0.29, 0.717) is 22.9 Å². The van der Waals surface area contributed by atoms with Crippen molar-refractivity contribution in [2.24, 2.45) is 0 Å². The molecule has 0 aromatic heterocycles. The van der Waals surface area contributed by atoms with Crippen molar-refractivity contribution in [3.63, 3.8) is 0 Å². The van der Waals surface area contributed by atoms with Gasteiger partial charge in [0.1, 0.15) is 18.5 Å². The number of hydrogen-bond donors (Lipinski definition) is 2. The fourth-order valence-corrected chi connectivity index (χ4v) is 4.31. The number of aliphatic hydroxyl groups is 1. The van der Waals surface area contributed by atoms with Gasteiger partial charge in [-0.15, -0.1) is 0 Å². The van der Waals surface area contributed by atoms with Crippen LogP contribution in [0.25, 0.3) is 0 Å². The molecule has 2 fully saturated rings. The largest absolute Gasteiger partial charge is 0.489 e. The second kappa shape index (κ2) is 11.0. The Morgan fingerprint density at radius 1 is 1.12 bits per heavy atom. The van der Waals surface area contributed by atoms with E-state index in [1.807, 2.05) is 36.4 Å². The summed E-state index contributed by atoms with van der Waals surface area (Å²) in [5.74, 6) is 0.638. The standard InChI is InChI=1S/C25H31ClN2O4/c26-21-15-19(11-12-23(21)32-20-9-6-10-20)24(29)22(16-28-13-4-5-14-28)27-25(30)31-17-18-7-2-1-3-8-18/h1-3,7-8,11-12,15,20,22,24,29H,4-6,9-10,13-14,16-17H2,(H,27,30)/t22-,24-/m1/s1. The average Bonchev–Trinajstić information content (AvgIpc) is 3.28. The number of aliphatic hydroxyl groups excluding tert-OH is 1. The third-order valence-electron chi connectivity index (χ3n) is 6.19. The van der Waals surface area contributed by atoms with E-state index in [0.717, 1.165) is 44.3 Å². The zero-order chi connectivity index (χ0) is 22.3. The normalized spacial score (nSPS) is 18.6. The van der Waals surface area contributed by atoms with Crippen LogP contribution in [0.2, 0.25) is 5.02 Å².